The van der Waals surface area contributed by atoms with Crippen molar-refractivity contribution in [3.05, 3.63) is 18.5 Å². The van der Waals surface area contributed by atoms with E-state index in [4.69, 9.17) is 5.73 Å². The number of rotatable bonds is 2. The summed E-state index contributed by atoms with van der Waals surface area (Å²) in [4.78, 5) is 4.20. The molecule has 0 spiro atoms. The molecule has 0 saturated heterocycles. The Morgan fingerprint density at radius 1 is 1.53 bits per heavy atom. The fourth-order valence-electron chi connectivity index (χ4n) is 1.48. The maximum atomic E-state index is 9.70. The first-order chi connectivity index (χ1) is 6.97. The Kier molecular flexibility index (Phi) is 2.12. The third kappa shape index (κ3) is 1.92. The topological polar surface area (TPSA) is 77.0 Å². The van der Waals surface area contributed by atoms with E-state index >= 15 is 0 Å². The van der Waals surface area contributed by atoms with Crippen LogP contribution in [0.1, 0.15) is 13.8 Å². The van der Waals surface area contributed by atoms with Crippen LogP contribution in [0.2, 0.25) is 0 Å². The zero-order valence-corrected chi connectivity index (χ0v) is 8.81. The number of nitrogens with zero attached hydrogens (tertiary/aromatic N) is 3. The minimum absolute atomic E-state index is 0.396. The van der Waals surface area contributed by atoms with E-state index in [-0.39, 0.29) is 0 Å². The molecule has 0 aliphatic rings. The van der Waals surface area contributed by atoms with Crippen molar-refractivity contribution < 1.29 is 5.11 Å². The third-order valence-corrected chi connectivity index (χ3v) is 2.11. The molecule has 0 aliphatic carbocycles. The minimum Gasteiger partial charge on any atom is -0.398 e. The summed E-state index contributed by atoms with van der Waals surface area (Å²) in [7, 11) is 0. The van der Waals surface area contributed by atoms with Crippen LogP contribution in [-0.2, 0) is 6.54 Å². The van der Waals surface area contributed by atoms with Crippen LogP contribution in [0.4, 0.5) is 5.69 Å². The first kappa shape index (κ1) is 9.92. The lowest BCUT2D eigenvalue weighted by Gasteiger charge is -2.16. The average Bonchev–Trinajstić information content (AvgIpc) is 2.48. The zero-order valence-electron chi connectivity index (χ0n) is 8.81. The molecular formula is C10H14N4O. The van der Waals surface area contributed by atoms with Gasteiger partial charge in [0, 0.05) is 11.9 Å². The van der Waals surface area contributed by atoms with Gasteiger partial charge in [0.15, 0.2) is 5.65 Å². The second-order valence-corrected chi connectivity index (χ2v) is 4.25. The van der Waals surface area contributed by atoms with Crippen molar-refractivity contribution in [1.29, 1.82) is 0 Å². The van der Waals surface area contributed by atoms with E-state index in [1.54, 1.807) is 37.0 Å². The van der Waals surface area contributed by atoms with E-state index in [0.717, 1.165) is 5.39 Å². The Balaban J connectivity index is 2.50. The van der Waals surface area contributed by atoms with Gasteiger partial charge in [-0.2, -0.15) is 5.10 Å². The molecule has 2 aromatic heterocycles. The molecule has 0 aliphatic heterocycles. The molecule has 80 valence electrons. The van der Waals surface area contributed by atoms with Gasteiger partial charge in [0.05, 0.1) is 23.7 Å². The molecule has 5 heteroatoms. The van der Waals surface area contributed by atoms with Crippen LogP contribution in [0.25, 0.3) is 11.0 Å². The van der Waals surface area contributed by atoms with E-state index in [0.29, 0.717) is 17.9 Å². The molecule has 0 saturated carbocycles. The van der Waals surface area contributed by atoms with Gasteiger partial charge in [-0.1, -0.05) is 0 Å². The van der Waals surface area contributed by atoms with Gasteiger partial charge in [0.25, 0.3) is 0 Å². The summed E-state index contributed by atoms with van der Waals surface area (Å²) in [5.74, 6) is 0. The number of anilines is 1. The predicted octanol–water partition coefficient (Wildman–Crippen LogP) is 0.784. The molecule has 2 rings (SSSR count). The molecule has 0 radical (unpaired) electrons. The van der Waals surface area contributed by atoms with Crippen LogP contribution < -0.4 is 5.73 Å². The fourth-order valence-corrected chi connectivity index (χ4v) is 1.48. The van der Waals surface area contributed by atoms with Gasteiger partial charge in [-0.05, 0) is 19.9 Å². The van der Waals surface area contributed by atoms with Gasteiger partial charge >= 0.3 is 0 Å². The number of pyridine rings is 1. The van der Waals surface area contributed by atoms with Gasteiger partial charge < -0.3 is 10.8 Å². The van der Waals surface area contributed by atoms with E-state index in [1.165, 1.54) is 0 Å². The summed E-state index contributed by atoms with van der Waals surface area (Å²) >= 11 is 0. The normalized spacial score (nSPS) is 12.2. The monoisotopic (exact) mass is 206 g/mol. The van der Waals surface area contributed by atoms with Gasteiger partial charge in [-0.15, -0.1) is 0 Å². The van der Waals surface area contributed by atoms with Gasteiger partial charge in [0.1, 0.15) is 0 Å². The molecule has 0 amide bonds. The molecule has 2 heterocycles. The second kappa shape index (κ2) is 3.20. The zero-order chi connectivity index (χ0) is 11.1. The maximum absolute atomic E-state index is 9.70. The molecule has 0 unspecified atom stereocenters. The summed E-state index contributed by atoms with van der Waals surface area (Å²) in [6, 6.07) is 1.73. The quantitative estimate of drug-likeness (QED) is 0.761. The van der Waals surface area contributed by atoms with E-state index in [1.807, 2.05) is 0 Å². The van der Waals surface area contributed by atoms with Crippen molar-refractivity contribution in [2.24, 2.45) is 0 Å². The molecule has 0 fully saturated rings. The molecule has 15 heavy (non-hydrogen) atoms. The highest BCUT2D eigenvalue weighted by Crippen LogP contribution is 2.19. The molecule has 0 aromatic carbocycles. The smallest absolute Gasteiger partial charge is 0.159 e. The standard InChI is InChI=1S/C10H14N4O/c1-10(2,15)6-14-9-7(5-13-14)8(11)3-4-12-9/h3-5,15H,6H2,1-2H3,(H2,11,12). The minimum atomic E-state index is -0.814. The van der Waals surface area contributed by atoms with Crippen LogP contribution in [-0.4, -0.2) is 25.5 Å². The molecule has 2 aromatic rings. The largest absolute Gasteiger partial charge is 0.398 e. The Labute approximate surface area is 87.5 Å². The van der Waals surface area contributed by atoms with Crippen molar-refractivity contribution in [3.8, 4) is 0 Å². The van der Waals surface area contributed by atoms with Gasteiger partial charge in [0.2, 0.25) is 0 Å². The number of aliphatic hydroxyl groups is 1. The SMILES string of the molecule is CC(C)(O)Cn1ncc2c(N)ccnc21. The van der Waals surface area contributed by atoms with Crippen molar-refractivity contribution in [3.63, 3.8) is 0 Å². The summed E-state index contributed by atoms with van der Waals surface area (Å²) in [5, 5.41) is 14.7. The Bertz CT molecular complexity index is 484. The number of nitrogen functional groups attached to an aromatic ring is 1. The highest BCUT2D eigenvalue weighted by Gasteiger charge is 2.16. The molecule has 0 bridgehead atoms. The lowest BCUT2D eigenvalue weighted by molar-refractivity contribution is 0.0589. The lowest BCUT2D eigenvalue weighted by Crippen LogP contribution is -2.26. The first-order valence-corrected chi connectivity index (χ1v) is 4.76. The summed E-state index contributed by atoms with van der Waals surface area (Å²) in [6.45, 7) is 3.85. The average molecular weight is 206 g/mol. The third-order valence-electron chi connectivity index (χ3n) is 2.11. The number of aromatic nitrogens is 3. The summed E-state index contributed by atoms with van der Waals surface area (Å²) in [5.41, 5.74) is 6.32. The van der Waals surface area contributed by atoms with E-state index in [9.17, 15) is 5.11 Å². The number of hydrogen-bond acceptors (Lipinski definition) is 4. The van der Waals surface area contributed by atoms with Crippen molar-refractivity contribution >= 4 is 16.7 Å². The molecule has 3 N–H and O–H groups in total. The highest BCUT2D eigenvalue weighted by molar-refractivity contribution is 5.86. The van der Waals surface area contributed by atoms with Crippen molar-refractivity contribution in [1.82, 2.24) is 14.8 Å². The number of hydrogen-bond donors (Lipinski definition) is 2. The van der Waals surface area contributed by atoms with E-state index < -0.39 is 5.60 Å². The van der Waals surface area contributed by atoms with E-state index in [2.05, 4.69) is 10.1 Å². The van der Waals surface area contributed by atoms with Crippen LogP contribution in [0.15, 0.2) is 18.5 Å². The number of nitrogens with two attached hydrogens (primary N) is 1. The van der Waals surface area contributed by atoms with Crippen LogP contribution in [0.3, 0.4) is 0 Å². The van der Waals surface area contributed by atoms with Crippen molar-refractivity contribution in [2.45, 2.75) is 26.0 Å². The van der Waals surface area contributed by atoms with Crippen LogP contribution in [0.5, 0.6) is 0 Å². The summed E-state index contributed by atoms with van der Waals surface area (Å²) in [6.07, 6.45) is 3.31. The Morgan fingerprint density at radius 2 is 2.27 bits per heavy atom. The van der Waals surface area contributed by atoms with Crippen molar-refractivity contribution in [2.75, 3.05) is 5.73 Å². The Hall–Kier alpha value is -1.62. The van der Waals surface area contributed by atoms with Crippen LogP contribution in [0, 0.1) is 0 Å². The summed E-state index contributed by atoms with van der Waals surface area (Å²) < 4.78 is 1.66. The fraction of sp³-hybridized carbons (Fsp3) is 0.400. The molecule has 5 nitrogen and oxygen atoms in total. The van der Waals surface area contributed by atoms with Gasteiger partial charge in [-0.25, -0.2) is 9.67 Å². The maximum Gasteiger partial charge on any atom is 0.159 e. The first-order valence-electron chi connectivity index (χ1n) is 4.76. The lowest BCUT2D eigenvalue weighted by atomic mass is 10.1. The van der Waals surface area contributed by atoms with Crippen LogP contribution >= 0.6 is 0 Å². The second-order valence-electron chi connectivity index (χ2n) is 4.25. The molecule has 0 atom stereocenters. The Morgan fingerprint density at radius 3 is 2.93 bits per heavy atom. The number of fused-ring (bicyclic) bond motifs is 1. The molecular weight excluding hydrogens is 192 g/mol. The van der Waals surface area contributed by atoms with Gasteiger partial charge in [-0.3, -0.25) is 0 Å². The predicted molar refractivity (Wildman–Crippen MR) is 58.2 cm³/mol. The highest BCUT2D eigenvalue weighted by atomic mass is 16.3.